The number of aromatic nitrogens is 2. The van der Waals surface area contributed by atoms with Gasteiger partial charge in [0, 0.05) is 25.7 Å². The summed E-state index contributed by atoms with van der Waals surface area (Å²) in [5.41, 5.74) is 0.481. The van der Waals surface area contributed by atoms with Gasteiger partial charge in [0.05, 0.1) is 30.0 Å². The molecule has 29 heavy (non-hydrogen) atoms. The topological polar surface area (TPSA) is 70.5 Å². The number of para-hydroxylation sites is 1. The number of fused-ring (bicyclic) bond motifs is 1. The van der Waals surface area contributed by atoms with Crippen LogP contribution in [0, 0.1) is 0 Å². The fourth-order valence-electron chi connectivity index (χ4n) is 3.81. The fraction of sp³-hybridized carbons (Fsp3) is 0.421. The summed E-state index contributed by atoms with van der Waals surface area (Å²) in [5.74, 6) is -0.163. The third-order valence-electron chi connectivity index (χ3n) is 5.32. The van der Waals surface area contributed by atoms with E-state index in [1.807, 2.05) is 0 Å². The molecule has 0 saturated carbocycles. The van der Waals surface area contributed by atoms with Gasteiger partial charge in [-0.05, 0) is 25.0 Å². The third kappa shape index (κ3) is 3.54. The van der Waals surface area contributed by atoms with E-state index in [2.05, 4.69) is 10.4 Å². The van der Waals surface area contributed by atoms with E-state index in [4.69, 9.17) is 0 Å². The number of carbonyl (C=O) groups is 2. The Balaban J connectivity index is 1.52. The van der Waals surface area contributed by atoms with Crippen LogP contribution in [0.1, 0.15) is 40.2 Å². The van der Waals surface area contributed by atoms with Gasteiger partial charge in [-0.1, -0.05) is 12.1 Å². The Bertz CT molecular complexity index is 963. The van der Waals surface area contributed by atoms with E-state index in [9.17, 15) is 22.8 Å². The second-order valence-corrected chi connectivity index (χ2v) is 7.23. The van der Waals surface area contributed by atoms with Crippen LogP contribution in [0.15, 0.2) is 24.3 Å². The van der Waals surface area contributed by atoms with Crippen LogP contribution in [-0.4, -0.2) is 44.6 Å². The van der Waals surface area contributed by atoms with Crippen LogP contribution < -0.4 is 5.32 Å². The molecule has 3 amide bonds. The number of rotatable bonds is 2. The summed E-state index contributed by atoms with van der Waals surface area (Å²) in [4.78, 5) is 28.5. The van der Waals surface area contributed by atoms with Gasteiger partial charge in [-0.3, -0.25) is 9.48 Å². The summed E-state index contributed by atoms with van der Waals surface area (Å²) in [6.07, 6.45) is -2.67. The van der Waals surface area contributed by atoms with Crippen LogP contribution in [0.25, 0.3) is 0 Å². The predicted molar refractivity (Wildman–Crippen MR) is 98.1 cm³/mol. The first-order valence-electron chi connectivity index (χ1n) is 9.32. The summed E-state index contributed by atoms with van der Waals surface area (Å²) in [6.45, 7) is 1.66. The molecule has 0 unspecified atom stereocenters. The van der Waals surface area contributed by atoms with Crippen LogP contribution in [-0.2, 0) is 26.3 Å². The molecule has 3 heterocycles. The number of amides is 3. The minimum absolute atomic E-state index is 0.123. The summed E-state index contributed by atoms with van der Waals surface area (Å²) >= 11 is 0. The molecule has 1 fully saturated rings. The van der Waals surface area contributed by atoms with Crippen molar-refractivity contribution in [3.8, 4) is 0 Å². The van der Waals surface area contributed by atoms with E-state index >= 15 is 0 Å². The van der Waals surface area contributed by atoms with Crippen LogP contribution in [0.3, 0.4) is 0 Å². The Morgan fingerprint density at radius 3 is 2.45 bits per heavy atom. The van der Waals surface area contributed by atoms with Crippen LogP contribution in [0.4, 0.5) is 23.7 Å². The number of aryl methyl sites for hydroxylation is 1. The maximum atomic E-state index is 13.2. The van der Waals surface area contributed by atoms with Gasteiger partial charge in [-0.2, -0.15) is 18.3 Å². The predicted octanol–water partition coefficient (Wildman–Crippen LogP) is 3.22. The first-order chi connectivity index (χ1) is 13.8. The van der Waals surface area contributed by atoms with Crippen molar-refractivity contribution in [2.45, 2.75) is 32.1 Å². The lowest BCUT2D eigenvalue weighted by Gasteiger charge is -2.20. The molecule has 1 N–H and O–H groups in total. The molecule has 2 aliphatic rings. The van der Waals surface area contributed by atoms with Gasteiger partial charge < -0.3 is 15.1 Å². The van der Waals surface area contributed by atoms with Crippen LogP contribution >= 0.6 is 0 Å². The lowest BCUT2D eigenvalue weighted by atomic mass is 10.1. The highest BCUT2D eigenvalue weighted by molar-refractivity contribution is 5.95. The second-order valence-electron chi connectivity index (χ2n) is 7.23. The number of carbonyl (C=O) groups excluding carboxylic acids is 2. The van der Waals surface area contributed by atoms with Gasteiger partial charge in [0.15, 0.2) is 5.69 Å². The molecule has 1 aromatic carbocycles. The molecular formula is C19H20F3N5O2. The zero-order valence-electron chi connectivity index (χ0n) is 15.8. The second kappa shape index (κ2) is 7.09. The number of nitrogens with one attached hydrogen (secondary N) is 1. The van der Waals surface area contributed by atoms with Crippen molar-refractivity contribution >= 4 is 17.6 Å². The molecule has 0 spiro atoms. The molecule has 154 valence electrons. The van der Waals surface area contributed by atoms with E-state index < -0.39 is 17.8 Å². The summed E-state index contributed by atoms with van der Waals surface area (Å²) in [5, 5.41) is 6.67. The highest BCUT2D eigenvalue weighted by Gasteiger charge is 2.36. The van der Waals surface area contributed by atoms with Crippen LogP contribution in [0.5, 0.6) is 0 Å². The Labute approximate surface area is 165 Å². The molecule has 0 radical (unpaired) electrons. The van der Waals surface area contributed by atoms with Crippen molar-refractivity contribution in [1.82, 2.24) is 19.6 Å². The van der Waals surface area contributed by atoms with Crippen molar-refractivity contribution in [2.75, 3.05) is 18.4 Å². The van der Waals surface area contributed by atoms with Crippen molar-refractivity contribution in [2.24, 2.45) is 7.05 Å². The largest absolute Gasteiger partial charge is 0.418 e. The van der Waals surface area contributed by atoms with E-state index in [1.54, 1.807) is 16.6 Å². The lowest BCUT2D eigenvalue weighted by Crippen LogP contribution is -2.33. The Hall–Kier alpha value is -3.04. The minimum atomic E-state index is -4.57. The van der Waals surface area contributed by atoms with Gasteiger partial charge in [-0.25, -0.2) is 4.79 Å². The number of halogens is 3. The molecular weight excluding hydrogens is 387 g/mol. The normalized spacial score (nSPS) is 16.3. The highest BCUT2D eigenvalue weighted by Crippen LogP contribution is 2.35. The monoisotopic (exact) mass is 407 g/mol. The summed E-state index contributed by atoms with van der Waals surface area (Å²) in [7, 11) is 1.69. The lowest BCUT2D eigenvalue weighted by molar-refractivity contribution is -0.136. The SMILES string of the molecule is Cn1nc(C(=O)N2CCCC2)c2c1CN(C(=O)Nc1ccccc1C(F)(F)F)C2. The first kappa shape index (κ1) is 19.3. The number of benzene rings is 1. The smallest absolute Gasteiger partial charge is 0.337 e. The standard InChI is InChI=1S/C19H20F3N5O2/c1-25-15-11-27(10-12(15)16(24-25)17(28)26-8-4-5-9-26)18(29)23-14-7-3-2-6-13(14)19(20,21)22/h2-3,6-7H,4-5,8-11H2,1H3,(H,23,29). The van der Waals surface area contributed by atoms with Gasteiger partial charge in [0.1, 0.15) is 0 Å². The highest BCUT2D eigenvalue weighted by atomic mass is 19.4. The number of hydrogen-bond acceptors (Lipinski definition) is 3. The van der Waals surface area contributed by atoms with E-state index in [-0.39, 0.29) is 24.7 Å². The van der Waals surface area contributed by atoms with Gasteiger partial charge in [-0.15, -0.1) is 0 Å². The maximum absolute atomic E-state index is 13.2. The Kier molecular flexibility index (Phi) is 4.71. The van der Waals surface area contributed by atoms with Crippen LogP contribution in [0.2, 0.25) is 0 Å². The Morgan fingerprint density at radius 1 is 1.07 bits per heavy atom. The van der Waals surface area contributed by atoms with E-state index in [0.717, 1.165) is 18.9 Å². The van der Waals surface area contributed by atoms with Crippen molar-refractivity contribution in [1.29, 1.82) is 0 Å². The maximum Gasteiger partial charge on any atom is 0.418 e. The average Bonchev–Trinajstić information content (AvgIpc) is 3.39. The zero-order valence-corrected chi connectivity index (χ0v) is 15.8. The Morgan fingerprint density at radius 2 is 1.76 bits per heavy atom. The molecule has 0 atom stereocenters. The van der Waals surface area contributed by atoms with Gasteiger partial charge in [0.25, 0.3) is 5.91 Å². The molecule has 2 aliphatic heterocycles. The molecule has 0 bridgehead atoms. The molecule has 1 aromatic heterocycles. The fourth-order valence-corrected chi connectivity index (χ4v) is 3.81. The van der Waals surface area contributed by atoms with E-state index in [0.29, 0.717) is 30.0 Å². The average molecular weight is 407 g/mol. The quantitative estimate of drug-likeness (QED) is 0.831. The zero-order chi connectivity index (χ0) is 20.8. The number of anilines is 1. The third-order valence-corrected chi connectivity index (χ3v) is 5.32. The van der Waals surface area contributed by atoms with Crippen molar-refractivity contribution in [3.05, 3.63) is 46.8 Å². The number of urea groups is 1. The molecule has 7 nitrogen and oxygen atoms in total. The minimum Gasteiger partial charge on any atom is -0.337 e. The van der Waals surface area contributed by atoms with E-state index in [1.165, 1.54) is 23.1 Å². The summed E-state index contributed by atoms with van der Waals surface area (Å²) < 4.78 is 41.1. The molecule has 10 heteroatoms. The summed E-state index contributed by atoms with van der Waals surface area (Å²) in [6, 6.07) is 4.18. The molecule has 0 aliphatic carbocycles. The molecule has 1 saturated heterocycles. The number of likely N-dealkylation sites (tertiary alicyclic amines) is 1. The van der Waals surface area contributed by atoms with Gasteiger partial charge >= 0.3 is 12.2 Å². The number of alkyl halides is 3. The number of nitrogens with zero attached hydrogens (tertiary/aromatic N) is 4. The molecule has 2 aromatic rings. The van der Waals surface area contributed by atoms with Gasteiger partial charge in [0.2, 0.25) is 0 Å². The van der Waals surface area contributed by atoms with Crippen molar-refractivity contribution < 1.29 is 22.8 Å². The first-order valence-corrected chi connectivity index (χ1v) is 9.32. The van der Waals surface area contributed by atoms with Crippen molar-refractivity contribution in [3.63, 3.8) is 0 Å². The number of hydrogen-bond donors (Lipinski definition) is 1. The molecule has 4 rings (SSSR count).